The lowest BCUT2D eigenvalue weighted by molar-refractivity contribution is -0.155. The SMILES string of the molecule is COc1ccc2c(c1)OC[C@H](C(=O)O[C@H]1CC[C@@H](S(C)(=O)=O)C1)C2. The van der Waals surface area contributed by atoms with Crippen LogP contribution >= 0.6 is 0 Å². The van der Waals surface area contributed by atoms with Gasteiger partial charge in [0.2, 0.25) is 0 Å². The van der Waals surface area contributed by atoms with Crippen molar-refractivity contribution in [3.63, 3.8) is 0 Å². The van der Waals surface area contributed by atoms with E-state index in [0.717, 1.165) is 11.3 Å². The van der Waals surface area contributed by atoms with E-state index in [-0.39, 0.29) is 24.6 Å². The van der Waals surface area contributed by atoms with Gasteiger partial charge in [-0.25, -0.2) is 8.42 Å². The topological polar surface area (TPSA) is 78.9 Å². The second kappa shape index (κ2) is 6.63. The predicted molar refractivity (Wildman–Crippen MR) is 88.0 cm³/mol. The van der Waals surface area contributed by atoms with Gasteiger partial charge in [-0.15, -0.1) is 0 Å². The third-order valence-corrected chi connectivity index (χ3v) is 6.38. The van der Waals surface area contributed by atoms with Crippen LogP contribution in [0.4, 0.5) is 0 Å². The molecule has 132 valence electrons. The fourth-order valence-electron chi connectivity index (χ4n) is 3.29. The molecule has 0 unspecified atom stereocenters. The van der Waals surface area contributed by atoms with Crippen LogP contribution in [0.1, 0.15) is 24.8 Å². The molecule has 1 saturated carbocycles. The highest BCUT2D eigenvalue weighted by Gasteiger charge is 2.36. The second-order valence-electron chi connectivity index (χ2n) is 6.51. The maximum Gasteiger partial charge on any atom is 0.313 e. The van der Waals surface area contributed by atoms with E-state index in [1.165, 1.54) is 6.26 Å². The monoisotopic (exact) mass is 354 g/mol. The van der Waals surface area contributed by atoms with Gasteiger partial charge in [0.1, 0.15) is 34.0 Å². The Hall–Kier alpha value is -1.76. The maximum atomic E-state index is 12.4. The number of esters is 1. The molecular weight excluding hydrogens is 332 g/mol. The number of ether oxygens (including phenoxy) is 3. The van der Waals surface area contributed by atoms with Gasteiger partial charge in [-0.3, -0.25) is 4.79 Å². The van der Waals surface area contributed by atoms with Gasteiger partial charge in [0.15, 0.2) is 0 Å². The van der Waals surface area contributed by atoms with E-state index >= 15 is 0 Å². The van der Waals surface area contributed by atoms with Crippen molar-refractivity contribution in [3.8, 4) is 11.5 Å². The number of rotatable bonds is 4. The van der Waals surface area contributed by atoms with Gasteiger partial charge in [-0.05, 0) is 30.9 Å². The molecule has 0 saturated heterocycles. The van der Waals surface area contributed by atoms with Gasteiger partial charge >= 0.3 is 5.97 Å². The van der Waals surface area contributed by atoms with Crippen LogP contribution in [-0.2, 0) is 25.8 Å². The van der Waals surface area contributed by atoms with E-state index < -0.39 is 15.1 Å². The largest absolute Gasteiger partial charge is 0.497 e. The van der Waals surface area contributed by atoms with Crippen molar-refractivity contribution in [1.29, 1.82) is 0 Å². The molecule has 3 atom stereocenters. The molecule has 1 aliphatic carbocycles. The lowest BCUT2D eigenvalue weighted by Gasteiger charge is -2.25. The molecule has 1 heterocycles. The number of sulfone groups is 1. The molecule has 0 radical (unpaired) electrons. The summed E-state index contributed by atoms with van der Waals surface area (Å²) in [4.78, 5) is 12.4. The van der Waals surface area contributed by atoms with Gasteiger partial charge in [0, 0.05) is 18.7 Å². The number of fused-ring (bicyclic) bond motifs is 1. The van der Waals surface area contributed by atoms with Crippen molar-refractivity contribution in [2.45, 2.75) is 37.0 Å². The summed E-state index contributed by atoms with van der Waals surface area (Å²) in [5.74, 6) is 0.780. The average molecular weight is 354 g/mol. The zero-order valence-corrected chi connectivity index (χ0v) is 14.7. The summed E-state index contributed by atoms with van der Waals surface area (Å²) >= 11 is 0. The Morgan fingerprint density at radius 3 is 2.75 bits per heavy atom. The molecule has 24 heavy (non-hydrogen) atoms. The Bertz CT molecular complexity index is 727. The van der Waals surface area contributed by atoms with Crippen molar-refractivity contribution in [1.82, 2.24) is 0 Å². The predicted octanol–water partition coefficient (Wildman–Crippen LogP) is 1.76. The van der Waals surface area contributed by atoms with Crippen molar-refractivity contribution in [3.05, 3.63) is 23.8 Å². The maximum absolute atomic E-state index is 12.4. The lowest BCUT2D eigenvalue weighted by atomic mass is 9.96. The van der Waals surface area contributed by atoms with E-state index in [2.05, 4.69) is 0 Å². The summed E-state index contributed by atoms with van der Waals surface area (Å²) in [6.45, 7) is 0.265. The van der Waals surface area contributed by atoms with Gasteiger partial charge in [0.05, 0.1) is 18.3 Å². The van der Waals surface area contributed by atoms with Gasteiger partial charge in [-0.2, -0.15) is 0 Å². The van der Waals surface area contributed by atoms with Gasteiger partial charge in [0.25, 0.3) is 0 Å². The van der Waals surface area contributed by atoms with Crippen LogP contribution in [0.3, 0.4) is 0 Å². The van der Waals surface area contributed by atoms with Crippen LogP contribution in [0.15, 0.2) is 18.2 Å². The van der Waals surface area contributed by atoms with Crippen LogP contribution in [-0.4, -0.2) is 45.7 Å². The number of hydrogen-bond donors (Lipinski definition) is 0. The first-order valence-corrected chi connectivity index (χ1v) is 10.0. The number of methoxy groups -OCH3 is 1. The summed E-state index contributed by atoms with van der Waals surface area (Å²) in [7, 11) is -1.48. The third-order valence-electron chi connectivity index (χ3n) is 4.74. The first kappa shape index (κ1) is 17.1. The molecule has 1 fully saturated rings. The third kappa shape index (κ3) is 3.66. The zero-order chi connectivity index (χ0) is 17.3. The molecule has 0 aromatic heterocycles. The highest BCUT2D eigenvalue weighted by Crippen LogP contribution is 2.33. The minimum absolute atomic E-state index is 0.265. The summed E-state index contributed by atoms with van der Waals surface area (Å²) in [6.07, 6.45) is 3.04. The molecule has 1 aromatic carbocycles. The minimum Gasteiger partial charge on any atom is -0.497 e. The Kier molecular flexibility index (Phi) is 4.71. The first-order valence-electron chi connectivity index (χ1n) is 8.06. The Balaban J connectivity index is 1.59. The smallest absolute Gasteiger partial charge is 0.313 e. The molecule has 0 N–H and O–H groups in total. The van der Waals surface area contributed by atoms with Crippen LogP contribution < -0.4 is 9.47 Å². The molecule has 3 rings (SSSR count). The normalized spacial score (nSPS) is 26.3. The van der Waals surface area contributed by atoms with Crippen LogP contribution in [0.5, 0.6) is 11.5 Å². The summed E-state index contributed by atoms with van der Waals surface area (Å²) in [6, 6.07) is 5.54. The van der Waals surface area contributed by atoms with E-state index in [0.29, 0.717) is 31.4 Å². The molecule has 2 aliphatic rings. The van der Waals surface area contributed by atoms with Crippen LogP contribution in [0.25, 0.3) is 0 Å². The molecule has 1 aliphatic heterocycles. The van der Waals surface area contributed by atoms with Crippen molar-refractivity contribution < 1.29 is 27.4 Å². The summed E-state index contributed by atoms with van der Waals surface area (Å²) in [5, 5.41) is -0.397. The zero-order valence-electron chi connectivity index (χ0n) is 13.9. The molecular formula is C17H22O6S. The molecule has 0 bridgehead atoms. The van der Waals surface area contributed by atoms with E-state index in [9.17, 15) is 13.2 Å². The molecule has 6 nitrogen and oxygen atoms in total. The molecule has 0 spiro atoms. The summed E-state index contributed by atoms with van der Waals surface area (Å²) < 4.78 is 39.5. The summed E-state index contributed by atoms with van der Waals surface area (Å²) in [5.41, 5.74) is 0.949. The van der Waals surface area contributed by atoms with E-state index in [1.807, 2.05) is 18.2 Å². The van der Waals surface area contributed by atoms with E-state index in [4.69, 9.17) is 14.2 Å². The molecule has 0 amide bonds. The van der Waals surface area contributed by atoms with Crippen LogP contribution in [0.2, 0.25) is 0 Å². The number of benzene rings is 1. The molecule has 1 aromatic rings. The van der Waals surface area contributed by atoms with E-state index in [1.54, 1.807) is 7.11 Å². The molecule has 7 heteroatoms. The highest BCUT2D eigenvalue weighted by molar-refractivity contribution is 7.91. The quantitative estimate of drug-likeness (QED) is 0.767. The average Bonchev–Trinajstić information content (AvgIpc) is 3.02. The highest BCUT2D eigenvalue weighted by atomic mass is 32.2. The van der Waals surface area contributed by atoms with Crippen molar-refractivity contribution >= 4 is 15.8 Å². The standard InChI is InChI=1S/C17H22O6S/c1-21-13-4-3-11-7-12(10-22-16(11)9-13)17(18)23-14-5-6-15(8-14)24(2,19)20/h3-4,9,12,14-15H,5-8,10H2,1-2H3/t12-,14+,15-/m1/s1. The second-order valence-corrected chi connectivity index (χ2v) is 8.83. The van der Waals surface area contributed by atoms with Gasteiger partial charge in [-0.1, -0.05) is 6.07 Å². The van der Waals surface area contributed by atoms with Crippen LogP contribution in [0, 0.1) is 5.92 Å². The fraction of sp³-hybridized carbons (Fsp3) is 0.588. The van der Waals surface area contributed by atoms with Crippen molar-refractivity contribution in [2.75, 3.05) is 20.0 Å². The Labute approximate surface area is 142 Å². The Morgan fingerprint density at radius 1 is 1.29 bits per heavy atom. The minimum atomic E-state index is -3.07. The number of carbonyl (C=O) groups is 1. The van der Waals surface area contributed by atoms with Gasteiger partial charge < -0.3 is 14.2 Å². The first-order chi connectivity index (χ1) is 11.4. The number of carbonyl (C=O) groups excluding carboxylic acids is 1. The van der Waals surface area contributed by atoms with Crippen molar-refractivity contribution in [2.24, 2.45) is 5.92 Å². The Morgan fingerprint density at radius 2 is 2.08 bits per heavy atom. The lowest BCUT2D eigenvalue weighted by Crippen LogP contribution is -2.32. The number of hydrogen-bond acceptors (Lipinski definition) is 6. The fourth-order valence-corrected chi connectivity index (χ4v) is 4.42.